The third-order valence-electron chi connectivity index (χ3n) is 2.02. The van der Waals surface area contributed by atoms with Crippen LogP contribution in [0.25, 0.3) is 0 Å². The topological polar surface area (TPSA) is 46.5 Å². The zero-order chi connectivity index (χ0) is 12.1. The third-order valence-corrected chi connectivity index (χ3v) is 2.02. The highest BCUT2D eigenvalue weighted by Crippen LogP contribution is 2.18. The highest BCUT2D eigenvalue weighted by Gasteiger charge is 2.09. The van der Waals surface area contributed by atoms with Crippen LogP contribution in [0.2, 0.25) is 0 Å². The summed E-state index contributed by atoms with van der Waals surface area (Å²) in [6.45, 7) is 5.77. The minimum Gasteiger partial charge on any atom is -0.475 e. The first-order valence-corrected chi connectivity index (χ1v) is 5.22. The van der Waals surface area contributed by atoms with E-state index in [4.69, 9.17) is 9.84 Å². The Bertz CT molecular complexity index is 399. The van der Waals surface area contributed by atoms with Crippen molar-refractivity contribution in [3.05, 3.63) is 41.2 Å². The number of carbonyl (C=O) groups is 1. The maximum absolute atomic E-state index is 10.9. The molecule has 86 valence electrons. The molecule has 16 heavy (non-hydrogen) atoms. The number of hydrogen-bond donors (Lipinski definition) is 1. The van der Waals surface area contributed by atoms with Crippen LogP contribution in [-0.2, 0) is 4.79 Å². The molecule has 1 N–H and O–H groups in total. The number of carboxylic acids is 1. The summed E-state index contributed by atoms with van der Waals surface area (Å²) in [5, 5.41) is 8.91. The molecule has 0 fully saturated rings. The fourth-order valence-electron chi connectivity index (χ4n) is 1.48. The summed E-state index contributed by atoms with van der Waals surface area (Å²) in [5.74, 6) is -0.492. The predicted octanol–water partition coefficient (Wildman–Crippen LogP) is 3.06. The zero-order valence-electron chi connectivity index (χ0n) is 9.78. The van der Waals surface area contributed by atoms with Gasteiger partial charge in [-0.3, -0.25) is 0 Å². The molecule has 0 heterocycles. The van der Waals surface area contributed by atoms with E-state index < -0.39 is 5.97 Å². The van der Waals surface area contributed by atoms with E-state index in [-0.39, 0.29) is 5.76 Å². The van der Waals surface area contributed by atoms with Gasteiger partial charge in [0.05, 0.1) is 0 Å². The van der Waals surface area contributed by atoms with Crippen molar-refractivity contribution in [2.45, 2.75) is 27.2 Å². The molecule has 0 spiro atoms. The second-order valence-electron chi connectivity index (χ2n) is 3.71. The van der Waals surface area contributed by atoms with E-state index in [0.29, 0.717) is 12.2 Å². The molecule has 0 saturated heterocycles. The first-order chi connectivity index (χ1) is 7.52. The lowest BCUT2D eigenvalue weighted by atomic mass is 10.1. The molecule has 0 bridgehead atoms. The van der Waals surface area contributed by atoms with Gasteiger partial charge in [0.15, 0.2) is 0 Å². The fourth-order valence-corrected chi connectivity index (χ4v) is 1.48. The Labute approximate surface area is 95.4 Å². The first kappa shape index (κ1) is 12.3. The summed E-state index contributed by atoms with van der Waals surface area (Å²) < 4.78 is 5.34. The Morgan fingerprint density at radius 1 is 1.31 bits per heavy atom. The molecule has 0 unspecified atom stereocenters. The highest BCUT2D eigenvalue weighted by atomic mass is 16.5. The maximum Gasteiger partial charge on any atom is 0.371 e. The van der Waals surface area contributed by atoms with Gasteiger partial charge in [0, 0.05) is 0 Å². The van der Waals surface area contributed by atoms with Gasteiger partial charge >= 0.3 is 5.97 Å². The Balaban J connectivity index is 2.94. The van der Waals surface area contributed by atoms with Crippen LogP contribution in [0.1, 0.15) is 24.5 Å². The SMILES string of the molecule is CC/C=C(/Oc1cc(C)cc(C)c1)C(=O)O. The summed E-state index contributed by atoms with van der Waals surface area (Å²) in [6.07, 6.45) is 2.19. The van der Waals surface area contributed by atoms with Gasteiger partial charge in [-0.2, -0.15) is 0 Å². The van der Waals surface area contributed by atoms with Crippen LogP contribution in [0.3, 0.4) is 0 Å². The van der Waals surface area contributed by atoms with Crippen molar-refractivity contribution in [2.75, 3.05) is 0 Å². The Morgan fingerprint density at radius 2 is 1.88 bits per heavy atom. The standard InChI is InChI=1S/C13H16O3/c1-4-5-12(13(14)15)16-11-7-9(2)6-10(3)8-11/h5-8H,4H2,1-3H3,(H,14,15)/b12-5+. The fraction of sp³-hybridized carbons (Fsp3) is 0.308. The molecule has 0 aliphatic carbocycles. The molecule has 3 nitrogen and oxygen atoms in total. The molecule has 0 aliphatic rings. The van der Waals surface area contributed by atoms with Crippen LogP contribution in [0, 0.1) is 13.8 Å². The minimum absolute atomic E-state index is 0.0208. The first-order valence-electron chi connectivity index (χ1n) is 5.22. The summed E-state index contributed by atoms with van der Waals surface area (Å²) >= 11 is 0. The van der Waals surface area contributed by atoms with Crippen molar-refractivity contribution in [1.82, 2.24) is 0 Å². The van der Waals surface area contributed by atoms with Gasteiger partial charge in [-0.1, -0.05) is 13.0 Å². The van der Waals surface area contributed by atoms with Gasteiger partial charge in [-0.25, -0.2) is 4.79 Å². The van der Waals surface area contributed by atoms with Gasteiger partial charge < -0.3 is 9.84 Å². The van der Waals surface area contributed by atoms with Crippen LogP contribution in [-0.4, -0.2) is 11.1 Å². The maximum atomic E-state index is 10.9. The van der Waals surface area contributed by atoms with E-state index in [1.165, 1.54) is 0 Å². The van der Waals surface area contributed by atoms with Crippen LogP contribution < -0.4 is 4.74 Å². The average Bonchev–Trinajstić information content (AvgIpc) is 2.15. The summed E-state index contributed by atoms with van der Waals surface area (Å²) in [7, 11) is 0. The number of carboxylic acid groups (broad SMARTS) is 1. The second-order valence-corrected chi connectivity index (χ2v) is 3.71. The zero-order valence-corrected chi connectivity index (χ0v) is 9.78. The van der Waals surface area contributed by atoms with Crippen LogP contribution >= 0.6 is 0 Å². The van der Waals surface area contributed by atoms with Crippen LogP contribution in [0.15, 0.2) is 30.0 Å². The van der Waals surface area contributed by atoms with Crippen molar-refractivity contribution < 1.29 is 14.6 Å². The smallest absolute Gasteiger partial charge is 0.371 e. The van der Waals surface area contributed by atoms with Crippen molar-refractivity contribution in [1.29, 1.82) is 0 Å². The number of hydrogen-bond acceptors (Lipinski definition) is 2. The molecule has 0 radical (unpaired) electrons. The van der Waals surface area contributed by atoms with E-state index in [9.17, 15) is 4.79 Å². The van der Waals surface area contributed by atoms with E-state index >= 15 is 0 Å². The number of allylic oxidation sites excluding steroid dienone is 1. The van der Waals surface area contributed by atoms with Crippen LogP contribution in [0.4, 0.5) is 0 Å². The molecule has 0 amide bonds. The molecule has 1 aromatic rings. The summed E-state index contributed by atoms with van der Waals surface area (Å²) in [5.41, 5.74) is 2.10. The van der Waals surface area contributed by atoms with Crippen molar-refractivity contribution in [3.8, 4) is 5.75 Å². The molecule has 3 heteroatoms. The number of aryl methyl sites for hydroxylation is 2. The van der Waals surface area contributed by atoms with Gasteiger partial charge in [0.25, 0.3) is 0 Å². The average molecular weight is 220 g/mol. The normalized spacial score (nSPS) is 11.3. The lowest BCUT2D eigenvalue weighted by molar-refractivity contribution is -0.135. The number of rotatable bonds is 4. The van der Waals surface area contributed by atoms with Crippen LogP contribution in [0.5, 0.6) is 5.75 Å². The largest absolute Gasteiger partial charge is 0.475 e. The Morgan fingerprint density at radius 3 is 2.31 bits per heavy atom. The molecule has 0 saturated carbocycles. The second kappa shape index (κ2) is 5.35. The van der Waals surface area contributed by atoms with E-state index in [1.54, 1.807) is 6.08 Å². The lowest BCUT2D eigenvalue weighted by Crippen LogP contribution is -2.07. The number of benzene rings is 1. The van der Waals surface area contributed by atoms with E-state index in [2.05, 4.69) is 0 Å². The third kappa shape index (κ3) is 3.42. The number of aliphatic carboxylic acids is 1. The molecule has 1 rings (SSSR count). The van der Waals surface area contributed by atoms with E-state index in [1.807, 2.05) is 39.0 Å². The summed E-state index contributed by atoms with van der Waals surface area (Å²) in [4.78, 5) is 10.9. The van der Waals surface area contributed by atoms with Crippen molar-refractivity contribution in [3.63, 3.8) is 0 Å². The van der Waals surface area contributed by atoms with Gasteiger partial charge in [0.1, 0.15) is 5.75 Å². The monoisotopic (exact) mass is 220 g/mol. The molecule has 1 aromatic carbocycles. The van der Waals surface area contributed by atoms with E-state index in [0.717, 1.165) is 11.1 Å². The minimum atomic E-state index is -1.04. The van der Waals surface area contributed by atoms with Crippen molar-refractivity contribution >= 4 is 5.97 Å². The predicted molar refractivity (Wildman–Crippen MR) is 62.6 cm³/mol. The number of ether oxygens (including phenoxy) is 1. The quantitative estimate of drug-likeness (QED) is 0.626. The molecular weight excluding hydrogens is 204 g/mol. The van der Waals surface area contributed by atoms with Gasteiger partial charge in [0.2, 0.25) is 5.76 Å². The molecule has 0 aromatic heterocycles. The lowest BCUT2D eigenvalue weighted by Gasteiger charge is -2.08. The Hall–Kier alpha value is -1.77. The molecule has 0 aliphatic heterocycles. The van der Waals surface area contributed by atoms with Gasteiger partial charge in [-0.05, 0) is 49.6 Å². The van der Waals surface area contributed by atoms with Gasteiger partial charge in [-0.15, -0.1) is 0 Å². The Kier molecular flexibility index (Phi) is 4.11. The summed E-state index contributed by atoms with van der Waals surface area (Å²) in [6, 6.07) is 5.65. The van der Waals surface area contributed by atoms with Crippen molar-refractivity contribution in [2.24, 2.45) is 0 Å². The molecule has 0 atom stereocenters. The highest BCUT2D eigenvalue weighted by molar-refractivity contribution is 5.84. The molecular formula is C13H16O3.